The normalized spacial score (nSPS) is 22.6. The van der Waals surface area contributed by atoms with Crippen molar-refractivity contribution in [3.05, 3.63) is 40.3 Å². The number of nitrogens with one attached hydrogen (secondary N) is 1. The topological polar surface area (TPSA) is 93.5 Å². The third kappa shape index (κ3) is 3.27. The second-order valence-electron chi connectivity index (χ2n) is 7.25. The van der Waals surface area contributed by atoms with Crippen molar-refractivity contribution in [2.75, 3.05) is 19.6 Å². The molecule has 1 N–H and O–H groups in total. The largest absolute Gasteiger partial charge is 0.441 e. The van der Waals surface area contributed by atoms with Crippen LogP contribution in [0.2, 0.25) is 0 Å². The van der Waals surface area contributed by atoms with Crippen molar-refractivity contribution in [3.8, 4) is 0 Å². The molecule has 0 radical (unpaired) electrons. The van der Waals surface area contributed by atoms with Crippen molar-refractivity contribution < 1.29 is 14.3 Å². The molecule has 1 aromatic carbocycles. The fourth-order valence-corrected chi connectivity index (χ4v) is 3.94. The fourth-order valence-electron chi connectivity index (χ4n) is 3.94. The molecule has 0 aliphatic carbocycles. The van der Waals surface area contributed by atoms with Gasteiger partial charge in [-0.3, -0.25) is 9.59 Å². The molecule has 4 rings (SSSR count). The lowest BCUT2D eigenvalue weighted by molar-refractivity contribution is -0.132. The van der Waals surface area contributed by atoms with Gasteiger partial charge in [-0.1, -0.05) is 18.2 Å². The number of rotatable bonds is 2. The number of amides is 2. The average Bonchev–Trinajstić information content (AvgIpc) is 2.89. The molecule has 2 aromatic rings. The number of carbonyl (C=O) groups is 2. The fraction of sp³-hybridized carbons (Fsp3) is 0.474. The van der Waals surface area contributed by atoms with Gasteiger partial charge < -0.3 is 15.0 Å². The number of fused-ring (bicyclic) bond motifs is 1. The predicted molar refractivity (Wildman–Crippen MR) is 98.4 cm³/mol. The van der Waals surface area contributed by atoms with Crippen LogP contribution in [0.4, 0.5) is 4.79 Å². The molecule has 3 heterocycles. The Morgan fingerprint density at radius 1 is 1.22 bits per heavy atom. The number of ether oxygens (including phenoxy) is 1. The molecule has 8 heteroatoms. The zero-order valence-electron chi connectivity index (χ0n) is 15.2. The Kier molecular flexibility index (Phi) is 4.33. The van der Waals surface area contributed by atoms with E-state index in [1.807, 2.05) is 19.1 Å². The predicted octanol–water partition coefficient (Wildman–Crippen LogP) is 1.20. The molecule has 1 atom stereocenters. The van der Waals surface area contributed by atoms with Crippen LogP contribution in [0.5, 0.6) is 0 Å². The average molecular weight is 370 g/mol. The molecule has 2 aliphatic rings. The molecule has 27 heavy (non-hydrogen) atoms. The van der Waals surface area contributed by atoms with E-state index in [2.05, 4.69) is 10.4 Å². The number of carbonyl (C=O) groups excluding carboxylic acids is 2. The lowest BCUT2D eigenvalue weighted by Gasteiger charge is -2.25. The number of hydrogen-bond donors (Lipinski definition) is 1. The van der Waals surface area contributed by atoms with Gasteiger partial charge in [0.2, 0.25) is 5.91 Å². The number of nitrogens with zero attached hydrogens (tertiary/aromatic N) is 3. The van der Waals surface area contributed by atoms with Gasteiger partial charge in [-0.25, -0.2) is 9.48 Å². The highest BCUT2D eigenvalue weighted by Crippen LogP contribution is 2.29. The van der Waals surface area contributed by atoms with Crippen molar-refractivity contribution >= 4 is 22.8 Å². The summed E-state index contributed by atoms with van der Waals surface area (Å²) < 4.78 is 6.69. The summed E-state index contributed by atoms with van der Waals surface area (Å²) in [5.74, 6) is -0.145. The van der Waals surface area contributed by atoms with E-state index in [0.29, 0.717) is 31.4 Å². The lowest BCUT2D eigenvalue weighted by Crippen LogP contribution is -2.39. The number of aryl methyl sites for hydroxylation is 1. The number of benzene rings is 1. The Morgan fingerprint density at radius 2 is 2.00 bits per heavy atom. The SMILES string of the molecule is Cc1nn(CC(=O)N2CCC[C@@]3(CC2)CNC(=O)O3)c(=O)c2ccccc12. The van der Waals surface area contributed by atoms with Gasteiger partial charge in [-0.2, -0.15) is 5.10 Å². The molecule has 2 saturated heterocycles. The van der Waals surface area contributed by atoms with Crippen LogP contribution in [0, 0.1) is 6.92 Å². The first-order valence-electron chi connectivity index (χ1n) is 9.19. The van der Waals surface area contributed by atoms with Crippen LogP contribution in [0.15, 0.2) is 29.1 Å². The molecule has 8 nitrogen and oxygen atoms in total. The van der Waals surface area contributed by atoms with Crippen LogP contribution < -0.4 is 10.9 Å². The zero-order valence-corrected chi connectivity index (χ0v) is 15.2. The van der Waals surface area contributed by atoms with E-state index in [1.165, 1.54) is 4.68 Å². The highest BCUT2D eigenvalue weighted by molar-refractivity contribution is 5.83. The maximum Gasteiger partial charge on any atom is 0.407 e. The molecular formula is C19H22N4O4. The van der Waals surface area contributed by atoms with Gasteiger partial charge >= 0.3 is 6.09 Å². The third-order valence-electron chi connectivity index (χ3n) is 5.45. The highest BCUT2D eigenvalue weighted by Gasteiger charge is 2.41. The van der Waals surface area contributed by atoms with E-state index >= 15 is 0 Å². The van der Waals surface area contributed by atoms with Crippen molar-refractivity contribution in [2.24, 2.45) is 0 Å². The molecule has 2 fully saturated rings. The first kappa shape index (κ1) is 17.5. The molecule has 0 saturated carbocycles. The van der Waals surface area contributed by atoms with E-state index in [9.17, 15) is 14.4 Å². The molecule has 2 amide bonds. The van der Waals surface area contributed by atoms with Crippen molar-refractivity contribution in [1.29, 1.82) is 0 Å². The van der Waals surface area contributed by atoms with Crippen LogP contribution in [-0.2, 0) is 16.1 Å². The summed E-state index contributed by atoms with van der Waals surface area (Å²) in [6.45, 7) is 3.31. The minimum atomic E-state index is -0.513. The van der Waals surface area contributed by atoms with Gasteiger partial charge in [0.1, 0.15) is 12.1 Å². The van der Waals surface area contributed by atoms with Crippen LogP contribution >= 0.6 is 0 Å². The monoisotopic (exact) mass is 370 g/mol. The molecule has 0 unspecified atom stereocenters. The number of hydrogen-bond acceptors (Lipinski definition) is 5. The third-order valence-corrected chi connectivity index (χ3v) is 5.45. The summed E-state index contributed by atoms with van der Waals surface area (Å²) in [4.78, 5) is 38.6. The Bertz CT molecular complexity index is 970. The number of aromatic nitrogens is 2. The van der Waals surface area contributed by atoms with Crippen molar-refractivity contribution in [3.63, 3.8) is 0 Å². The molecule has 1 aromatic heterocycles. The smallest absolute Gasteiger partial charge is 0.407 e. The maximum atomic E-state index is 12.8. The number of likely N-dealkylation sites (tertiary alicyclic amines) is 1. The standard InChI is InChI=1S/C19H22N4O4/c1-13-14-5-2-3-6-15(14)17(25)23(21-13)11-16(24)22-9-4-7-19(8-10-22)12-20-18(26)27-19/h2-3,5-6H,4,7-12H2,1H3,(H,20,26)/t19-/m1/s1. The van der Waals surface area contributed by atoms with E-state index in [1.54, 1.807) is 17.0 Å². The van der Waals surface area contributed by atoms with Gasteiger partial charge in [-0.05, 0) is 25.8 Å². The number of alkyl carbamates (subject to hydrolysis) is 1. The summed E-state index contributed by atoms with van der Waals surface area (Å²) in [5.41, 5.74) is -0.0534. The first-order chi connectivity index (χ1) is 13.0. The van der Waals surface area contributed by atoms with Gasteiger partial charge in [-0.15, -0.1) is 0 Å². The second kappa shape index (κ2) is 6.68. The van der Waals surface area contributed by atoms with Crippen LogP contribution in [-0.4, -0.2) is 51.9 Å². The minimum Gasteiger partial charge on any atom is -0.441 e. The quantitative estimate of drug-likeness (QED) is 0.857. The van der Waals surface area contributed by atoms with E-state index in [0.717, 1.165) is 23.9 Å². The Balaban J connectivity index is 1.51. The Morgan fingerprint density at radius 3 is 2.74 bits per heavy atom. The summed E-state index contributed by atoms with van der Waals surface area (Å²) >= 11 is 0. The molecule has 2 aliphatic heterocycles. The summed E-state index contributed by atoms with van der Waals surface area (Å²) in [6.07, 6.45) is 1.68. The molecule has 1 spiro atoms. The highest BCUT2D eigenvalue weighted by atomic mass is 16.6. The Hall–Kier alpha value is -2.90. The van der Waals surface area contributed by atoms with Gasteiger partial charge in [0, 0.05) is 24.9 Å². The summed E-state index contributed by atoms with van der Waals surface area (Å²) in [7, 11) is 0. The van der Waals surface area contributed by atoms with Crippen LogP contribution in [0.3, 0.4) is 0 Å². The van der Waals surface area contributed by atoms with Crippen LogP contribution in [0.1, 0.15) is 25.0 Å². The van der Waals surface area contributed by atoms with E-state index < -0.39 is 11.7 Å². The van der Waals surface area contributed by atoms with Crippen LogP contribution in [0.25, 0.3) is 10.8 Å². The summed E-state index contributed by atoms with van der Waals surface area (Å²) in [5, 5.41) is 8.39. The van der Waals surface area contributed by atoms with Gasteiger partial charge in [0.15, 0.2) is 0 Å². The molecule has 0 bridgehead atoms. The Labute approximate surface area is 156 Å². The van der Waals surface area contributed by atoms with Gasteiger partial charge in [0.25, 0.3) is 5.56 Å². The minimum absolute atomic E-state index is 0.0878. The van der Waals surface area contributed by atoms with Gasteiger partial charge in [0.05, 0.1) is 17.6 Å². The zero-order chi connectivity index (χ0) is 19.0. The molecular weight excluding hydrogens is 348 g/mol. The van der Waals surface area contributed by atoms with E-state index in [4.69, 9.17) is 4.74 Å². The molecule has 142 valence electrons. The van der Waals surface area contributed by atoms with Crippen molar-refractivity contribution in [2.45, 2.75) is 38.3 Å². The van der Waals surface area contributed by atoms with Crippen molar-refractivity contribution in [1.82, 2.24) is 20.0 Å². The second-order valence-corrected chi connectivity index (χ2v) is 7.25. The lowest BCUT2D eigenvalue weighted by atomic mass is 9.95. The first-order valence-corrected chi connectivity index (χ1v) is 9.19. The van der Waals surface area contributed by atoms with E-state index in [-0.39, 0.29) is 18.0 Å². The maximum absolute atomic E-state index is 12.8. The summed E-state index contributed by atoms with van der Waals surface area (Å²) in [6, 6.07) is 7.28.